The van der Waals surface area contributed by atoms with E-state index in [-0.39, 0.29) is 5.92 Å². The summed E-state index contributed by atoms with van der Waals surface area (Å²) in [5.74, 6) is 0.999. The van der Waals surface area contributed by atoms with Gasteiger partial charge < -0.3 is 5.32 Å². The minimum Gasteiger partial charge on any atom is -0.312 e. The first-order chi connectivity index (χ1) is 4.74. The number of nitriles is 1. The summed E-state index contributed by atoms with van der Waals surface area (Å²) in [6, 6.07) is 2.90. The largest absolute Gasteiger partial charge is 0.312 e. The van der Waals surface area contributed by atoms with E-state index >= 15 is 0 Å². The van der Waals surface area contributed by atoms with Gasteiger partial charge in [0.15, 0.2) is 0 Å². The van der Waals surface area contributed by atoms with E-state index in [2.05, 4.69) is 18.3 Å². The van der Waals surface area contributed by atoms with Crippen LogP contribution in [0.15, 0.2) is 0 Å². The Labute approximate surface area is 62.2 Å². The van der Waals surface area contributed by atoms with Gasteiger partial charge in [0.2, 0.25) is 0 Å². The maximum atomic E-state index is 8.44. The molecule has 0 heterocycles. The highest BCUT2D eigenvalue weighted by Gasteiger charge is 2.31. The Morgan fingerprint density at radius 2 is 2.40 bits per heavy atom. The molecule has 0 aromatic carbocycles. The van der Waals surface area contributed by atoms with Crippen LogP contribution in [-0.2, 0) is 0 Å². The molecule has 2 heteroatoms. The van der Waals surface area contributed by atoms with Crippen LogP contribution in [0.2, 0.25) is 0 Å². The van der Waals surface area contributed by atoms with Crippen molar-refractivity contribution < 1.29 is 0 Å². The first kappa shape index (κ1) is 7.56. The van der Waals surface area contributed by atoms with E-state index in [1.54, 1.807) is 0 Å². The second-order valence-corrected chi connectivity index (χ2v) is 3.26. The van der Waals surface area contributed by atoms with Gasteiger partial charge in [-0.2, -0.15) is 5.26 Å². The molecule has 0 radical (unpaired) electrons. The molecule has 0 bridgehead atoms. The fourth-order valence-electron chi connectivity index (χ4n) is 0.980. The summed E-state index contributed by atoms with van der Waals surface area (Å²) >= 11 is 0. The van der Waals surface area contributed by atoms with Crippen molar-refractivity contribution in [3.63, 3.8) is 0 Å². The Kier molecular flexibility index (Phi) is 2.29. The van der Waals surface area contributed by atoms with Gasteiger partial charge in [-0.25, -0.2) is 0 Å². The highest BCUT2D eigenvalue weighted by Crippen LogP contribution is 2.28. The summed E-state index contributed by atoms with van der Waals surface area (Å²) in [4.78, 5) is 0. The molecule has 0 spiro atoms. The van der Waals surface area contributed by atoms with Crippen molar-refractivity contribution in [1.29, 1.82) is 5.26 Å². The quantitative estimate of drug-likeness (QED) is 0.635. The number of rotatable bonds is 3. The van der Waals surface area contributed by atoms with Crippen molar-refractivity contribution in [2.75, 3.05) is 6.54 Å². The Morgan fingerprint density at radius 1 is 1.80 bits per heavy atom. The number of hydrogen-bond acceptors (Lipinski definition) is 2. The lowest BCUT2D eigenvalue weighted by Gasteiger charge is -2.02. The average Bonchev–Trinajstić information content (AvgIpc) is 2.61. The maximum Gasteiger partial charge on any atom is 0.0666 e. The fraction of sp³-hybridized carbons (Fsp3) is 0.875. The van der Waals surface area contributed by atoms with Crippen molar-refractivity contribution in [2.45, 2.75) is 26.3 Å². The van der Waals surface area contributed by atoms with Crippen LogP contribution in [0.25, 0.3) is 0 Å². The molecule has 0 aromatic heterocycles. The monoisotopic (exact) mass is 138 g/mol. The molecule has 3 atom stereocenters. The second-order valence-electron chi connectivity index (χ2n) is 3.26. The SMILES string of the molecule is CC(C#N)CNC1CC1C. The molecule has 0 aromatic rings. The van der Waals surface area contributed by atoms with E-state index in [4.69, 9.17) is 5.26 Å². The maximum absolute atomic E-state index is 8.44. The Balaban J connectivity index is 2.02. The molecule has 1 aliphatic rings. The summed E-state index contributed by atoms with van der Waals surface area (Å²) in [5.41, 5.74) is 0. The number of hydrogen-bond donors (Lipinski definition) is 1. The van der Waals surface area contributed by atoms with Crippen molar-refractivity contribution in [1.82, 2.24) is 5.32 Å². The molecule has 3 unspecified atom stereocenters. The summed E-state index contributed by atoms with van der Waals surface area (Å²) < 4.78 is 0. The van der Waals surface area contributed by atoms with Crippen LogP contribution in [0.4, 0.5) is 0 Å². The normalized spacial score (nSPS) is 32.9. The summed E-state index contributed by atoms with van der Waals surface area (Å²) in [6.45, 7) is 5.03. The van der Waals surface area contributed by atoms with Gasteiger partial charge in [0.1, 0.15) is 0 Å². The highest BCUT2D eigenvalue weighted by atomic mass is 15.0. The van der Waals surface area contributed by atoms with Crippen molar-refractivity contribution >= 4 is 0 Å². The van der Waals surface area contributed by atoms with Crippen LogP contribution in [0.5, 0.6) is 0 Å². The van der Waals surface area contributed by atoms with Gasteiger partial charge >= 0.3 is 0 Å². The molecule has 1 saturated carbocycles. The van der Waals surface area contributed by atoms with Crippen molar-refractivity contribution in [3.05, 3.63) is 0 Å². The minimum atomic E-state index is 0.160. The van der Waals surface area contributed by atoms with E-state index in [0.717, 1.165) is 12.5 Å². The third-order valence-corrected chi connectivity index (χ3v) is 2.02. The van der Waals surface area contributed by atoms with Gasteiger partial charge in [-0.3, -0.25) is 0 Å². The summed E-state index contributed by atoms with van der Waals surface area (Å²) in [5, 5.41) is 11.8. The zero-order valence-corrected chi connectivity index (χ0v) is 6.59. The smallest absolute Gasteiger partial charge is 0.0666 e. The van der Waals surface area contributed by atoms with Gasteiger partial charge in [0.25, 0.3) is 0 Å². The lowest BCUT2D eigenvalue weighted by atomic mass is 10.2. The molecule has 0 saturated heterocycles. The standard InChI is InChI=1S/C8H14N2/c1-6(4-9)5-10-8-3-7(8)2/h6-8,10H,3,5H2,1-2H3. The minimum absolute atomic E-state index is 0.160. The Bertz CT molecular complexity index is 148. The lowest BCUT2D eigenvalue weighted by molar-refractivity contribution is 0.581. The zero-order valence-electron chi connectivity index (χ0n) is 6.59. The average molecular weight is 138 g/mol. The van der Waals surface area contributed by atoms with Crippen LogP contribution in [0.3, 0.4) is 0 Å². The summed E-state index contributed by atoms with van der Waals surface area (Å²) in [6.07, 6.45) is 1.29. The molecular formula is C8H14N2. The van der Waals surface area contributed by atoms with E-state index in [9.17, 15) is 0 Å². The predicted molar refractivity (Wildman–Crippen MR) is 40.3 cm³/mol. The second kappa shape index (κ2) is 3.03. The van der Waals surface area contributed by atoms with Crippen LogP contribution < -0.4 is 5.32 Å². The van der Waals surface area contributed by atoms with Crippen LogP contribution in [-0.4, -0.2) is 12.6 Å². The Hall–Kier alpha value is -0.550. The molecule has 0 amide bonds. The third kappa shape index (κ3) is 2.00. The molecule has 56 valence electrons. The Morgan fingerprint density at radius 3 is 2.80 bits per heavy atom. The fourth-order valence-corrected chi connectivity index (χ4v) is 0.980. The van der Waals surface area contributed by atoms with Crippen LogP contribution >= 0.6 is 0 Å². The van der Waals surface area contributed by atoms with E-state index in [1.165, 1.54) is 6.42 Å². The lowest BCUT2D eigenvalue weighted by Crippen LogP contribution is -2.23. The van der Waals surface area contributed by atoms with Crippen molar-refractivity contribution in [3.8, 4) is 6.07 Å². The van der Waals surface area contributed by atoms with Crippen LogP contribution in [0, 0.1) is 23.2 Å². The number of nitrogens with one attached hydrogen (secondary N) is 1. The van der Waals surface area contributed by atoms with E-state index in [1.807, 2.05) is 6.92 Å². The van der Waals surface area contributed by atoms with E-state index < -0.39 is 0 Å². The highest BCUT2D eigenvalue weighted by molar-refractivity contribution is 4.91. The van der Waals surface area contributed by atoms with Gasteiger partial charge in [-0.15, -0.1) is 0 Å². The third-order valence-electron chi connectivity index (χ3n) is 2.02. The predicted octanol–water partition coefficient (Wildman–Crippen LogP) is 1.14. The number of nitrogens with zero attached hydrogens (tertiary/aromatic N) is 1. The van der Waals surface area contributed by atoms with Gasteiger partial charge in [0.05, 0.1) is 12.0 Å². The molecular weight excluding hydrogens is 124 g/mol. The first-order valence-electron chi connectivity index (χ1n) is 3.87. The molecule has 1 N–H and O–H groups in total. The topological polar surface area (TPSA) is 35.8 Å². The van der Waals surface area contributed by atoms with Gasteiger partial charge in [-0.05, 0) is 19.3 Å². The molecule has 1 fully saturated rings. The molecule has 1 rings (SSSR count). The molecule has 2 nitrogen and oxygen atoms in total. The summed E-state index contributed by atoms with van der Waals surface area (Å²) in [7, 11) is 0. The molecule has 1 aliphatic carbocycles. The van der Waals surface area contributed by atoms with E-state index in [0.29, 0.717) is 6.04 Å². The van der Waals surface area contributed by atoms with Crippen molar-refractivity contribution in [2.24, 2.45) is 11.8 Å². The zero-order chi connectivity index (χ0) is 7.56. The van der Waals surface area contributed by atoms with Crippen LogP contribution in [0.1, 0.15) is 20.3 Å². The molecule has 0 aliphatic heterocycles. The van der Waals surface area contributed by atoms with Gasteiger partial charge in [-0.1, -0.05) is 6.92 Å². The molecule has 10 heavy (non-hydrogen) atoms. The van der Waals surface area contributed by atoms with Gasteiger partial charge in [0, 0.05) is 12.6 Å². The first-order valence-corrected chi connectivity index (χ1v) is 3.87.